The van der Waals surface area contributed by atoms with Crippen molar-refractivity contribution in [2.45, 2.75) is 12.7 Å². The molecule has 5 nitrogen and oxygen atoms in total. The highest BCUT2D eigenvalue weighted by atomic mass is 32.2. The molecule has 0 fully saturated rings. The van der Waals surface area contributed by atoms with Crippen LogP contribution in [0.2, 0.25) is 0 Å². The Labute approximate surface area is 147 Å². The van der Waals surface area contributed by atoms with Crippen LogP contribution in [-0.4, -0.2) is 28.2 Å². The Morgan fingerprint density at radius 1 is 1.38 bits per heavy atom. The Morgan fingerprint density at radius 2 is 2.25 bits per heavy atom. The van der Waals surface area contributed by atoms with Gasteiger partial charge in [0.25, 0.3) is 5.91 Å². The van der Waals surface area contributed by atoms with Crippen molar-refractivity contribution in [2.24, 2.45) is 0 Å². The van der Waals surface area contributed by atoms with Crippen molar-refractivity contribution in [3.63, 3.8) is 0 Å². The topological polar surface area (TPSA) is 74.8 Å². The average molecular weight is 359 g/mol. The molecular weight excluding hydrogens is 342 g/mol. The van der Waals surface area contributed by atoms with Crippen molar-refractivity contribution in [1.29, 1.82) is 0 Å². The summed E-state index contributed by atoms with van der Waals surface area (Å²) in [6, 6.07) is 7.59. The summed E-state index contributed by atoms with van der Waals surface area (Å²) in [4.78, 5) is 33.1. The van der Waals surface area contributed by atoms with Gasteiger partial charge in [-0.3, -0.25) is 9.59 Å². The molecule has 1 amide bonds. The van der Waals surface area contributed by atoms with Crippen LogP contribution in [0.25, 0.3) is 11.0 Å². The first-order valence-electron chi connectivity index (χ1n) is 7.52. The van der Waals surface area contributed by atoms with Gasteiger partial charge in [0.15, 0.2) is 0 Å². The van der Waals surface area contributed by atoms with Crippen LogP contribution in [0, 0.1) is 6.92 Å². The van der Waals surface area contributed by atoms with E-state index in [1.807, 2.05) is 13.0 Å². The van der Waals surface area contributed by atoms with Gasteiger partial charge in [-0.05, 0) is 30.5 Å². The second kappa shape index (κ2) is 7.63. The van der Waals surface area contributed by atoms with Gasteiger partial charge in [0.05, 0.1) is 5.39 Å². The number of aromatic amines is 1. The summed E-state index contributed by atoms with van der Waals surface area (Å²) in [5.41, 5.74) is 1.15. The molecule has 0 unspecified atom stereocenters. The number of nitrogens with zero attached hydrogens (tertiary/aromatic N) is 1. The van der Waals surface area contributed by atoms with Gasteiger partial charge < -0.3 is 10.3 Å². The predicted molar refractivity (Wildman–Crippen MR) is 99.9 cm³/mol. The lowest BCUT2D eigenvalue weighted by Crippen LogP contribution is -2.30. The summed E-state index contributed by atoms with van der Waals surface area (Å²) >= 11 is 3.48. The number of H-pyrrole nitrogens is 1. The Hall–Kier alpha value is -2.12. The quantitative estimate of drug-likeness (QED) is 0.664. The summed E-state index contributed by atoms with van der Waals surface area (Å²) in [5, 5.41) is 5.29. The summed E-state index contributed by atoms with van der Waals surface area (Å²) in [7, 11) is 0. The largest absolute Gasteiger partial charge is 0.351 e. The number of hydrogen-bond acceptors (Lipinski definition) is 5. The third-order valence-corrected chi connectivity index (χ3v) is 5.55. The third-order valence-electron chi connectivity index (χ3n) is 3.48. The van der Waals surface area contributed by atoms with E-state index in [0.717, 1.165) is 17.2 Å². The minimum atomic E-state index is -0.351. The number of rotatable bonds is 6. The third kappa shape index (κ3) is 3.85. The van der Waals surface area contributed by atoms with E-state index in [-0.39, 0.29) is 16.9 Å². The Morgan fingerprint density at radius 3 is 3.04 bits per heavy atom. The van der Waals surface area contributed by atoms with Crippen molar-refractivity contribution in [2.75, 3.05) is 12.3 Å². The molecule has 0 aliphatic carbocycles. The molecule has 3 rings (SSSR count). The van der Waals surface area contributed by atoms with E-state index >= 15 is 0 Å². The SMILES string of the molecule is Cc1ccc2c(=O)c(C(=O)NCCSCc3cccs3)c[nH]c2n1. The van der Waals surface area contributed by atoms with E-state index in [2.05, 4.69) is 26.7 Å². The number of thioether (sulfide) groups is 1. The molecular formula is C17H17N3O2S2. The van der Waals surface area contributed by atoms with Crippen LogP contribution in [0.5, 0.6) is 0 Å². The van der Waals surface area contributed by atoms with E-state index in [1.54, 1.807) is 35.2 Å². The van der Waals surface area contributed by atoms with E-state index in [0.29, 0.717) is 17.6 Å². The maximum Gasteiger partial charge on any atom is 0.256 e. The van der Waals surface area contributed by atoms with Crippen LogP contribution in [0.3, 0.4) is 0 Å². The molecule has 0 aromatic carbocycles. The molecule has 3 aromatic heterocycles. The van der Waals surface area contributed by atoms with Crippen LogP contribution >= 0.6 is 23.1 Å². The molecule has 0 aliphatic rings. The smallest absolute Gasteiger partial charge is 0.256 e. The standard InChI is InChI=1S/C17H17N3O2S2/c1-11-4-5-13-15(21)14(9-19-16(13)20-11)17(22)18-6-8-23-10-12-3-2-7-24-12/h2-5,7,9H,6,8,10H2,1H3,(H,18,22)(H,19,20,21). The van der Waals surface area contributed by atoms with Gasteiger partial charge in [0, 0.05) is 34.8 Å². The number of thiophene rings is 1. The van der Waals surface area contributed by atoms with Crippen molar-refractivity contribution in [3.05, 3.63) is 62.2 Å². The lowest BCUT2D eigenvalue weighted by atomic mass is 10.2. The second-order valence-electron chi connectivity index (χ2n) is 5.27. The van der Waals surface area contributed by atoms with Gasteiger partial charge in [-0.1, -0.05) is 6.07 Å². The van der Waals surface area contributed by atoms with E-state index in [1.165, 1.54) is 11.1 Å². The summed E-state index contributed by atoms with van der Waals surface area (Å²) in [6.07, 6.45) is 1.44. The maximum atomic E-state index is 12.4. The monoisotopic (exact) mass is 359 g/mol. The molecule has 0 bridgehead atoms. The number of carbonyl (C=O) groups excluding carboxylic acids is 1. The normalized spacial score (nSPS) is 10.9. The fraction of sp³-hybridized carbons (Fsp3) is 0.235. The number of pyridine rings is 2. The maximum absolute atomic E-state index is 12.4. The highest BCUT2D eigenvalue weighted by Crippen LogP contribution is 2.16. The number of nitrogens with one attached hydrogen (secondary N) is 2. The van der Waals surface area contributed by atoms with Crippen LogP contribution in [0.15, 0.2) is 40.6 Å². The Bertz CT molecular complexity index is 904. The fourth-order valence-electron chi connectivity index (χ4n) is 2.27. The minimum Gasteiger partial charge on any atom is -0.351 e. The molecule has 0 atom stereocenters. The van der Waals surface area contributed by atoms with Crippen molar-refractivity contribution in [3.8, 4) is 0 Å². The van der Waals surface area contributed by atoms with E-state index in [9.17, 15) is 9.59 Å². The van der Waals surface area contributed by atoms with E-state index < -0.39 is 0 Å². The zero-order valence-corrected chi connectivity index (χ0v) is 14.8. The van der Waals surface area contributed by atoms with Crippen LogP contribution in [0.1, 0.15) is 20.9 Å². The molecule has 2 N–H and O–H groups in total. The molecule has 0 spiro atoms. The van der Waals surface area contributed by atoms with Gasteiger partial charge in [-0.25, -0.2) is 4.98 Å². The molecule has 24 heavy (non-hydrogen) atoms. The zero-order valence-electron chi connectivity index (χ0n) is 13.2. The minimum absolute atomic E-state index is 0.122. The van der Waals surface area contributed by atoms with Gasteiger partial charge >= 0.3 is 0 Å². The molecule has 0 saturated carbocycles. The first-order valence-corrected chi connectivity index (χ1v) is 9.56. The lowest BCUT2D eigenvalue weighted by molar-refractivity contribution is 0.0955. The van der Waals surface area contributed by atoms with E-state index in [4.69, 9.17) is 0 Å². The molecule has 0 radical (unpaired) electrons. The van der Waals surface area contributed by atoms with Crippen molar-refractivity contribution >= 4 is 40.0 Å². The van der Waals surface area contributed by atoms with Gasteiger partial charge in [0.2, 0.25) is 5.43 Å². The predicted octanol–water partition coefficient (Wildman–Crippen LogP) is 2.96. The van der Waals surface area contributed by atoms with Crippen LogP contribution in [0.4, 0.5) is 0 Å². The Kier molecular flexibility index (Phi) is 5.32. The summed E-state index contributed by atoms with van der Waals surface area (Å²) in [6.45, 7) is 2.38. The molecule has 124 valence electrons. The van der Waals surface area contributed by atoms with Crippen LogP contribution < -0.4 is 10.7 Å². The molecule has 7 heteroatoms. The van der Waals surface area contributed by atoms with Crippen molar-refractivity contribution < 1.29 is 4.79 Å². The number of fused-ring (bicyclic) bond motifs is 1. The average Bonchev–Trinajstić information content (AvgIpc) is 3.08. The van der Waals surface area contributed by atoms with Gasteiger partial charge in [0.1, 0.15) is 11.2 Å². The first kappa shape index (κ1) is 16.7. The number of aryl methyl sites for hydroxylation is 1. The molecule has 0 aliphatic heterocycles. The van der Waals surface area contributed by atoms with Crippen molar-refractivity contribution in [1.82, 2.24) is 15.3 Å². The number of amides is 1. The number of hydrogen-bond donors (Lipinski definition) is 2. The highest BCUT2D eigenvalue weighted by molar-refractivity contribution is 7.98. The summed E-state index contributed by atoms with van der Waals surface area (Å²) < 4.78 is 0. The zero-order chi connectivity index (χ0) is 16.9. The fourth-order valence-corrected chi connectivity index (χ4v) is 3.97. The second-order valence-corrected chi connectivity index (χ2v) is 7.41. The molecule has 3 aromatic rings. The first-order chi connectivity index (χ1) is 11.6. The Balaban J connectivity index is 1.58. The highest BCUT2D eigenvalue weighted by Gasteiger charge is 2.13. The lowest BCUT2D eigenvalue weighted by Gasteiger charge is -2.06. The van der Waals surface area contributed by atoms with Gasteiger partial charge in [-0.2, -0.15) is 11.8 Å². The molecule has 0 saturated heterocycles. The van der Waals surface area contributed by atoms with Gasteiger partial charge in [-0.15, -0.1) is 11.3 Å². The number of aromatic nitrogens is 2. The molecule has 3 heterocycles. The summed E-state index contributed by atoms with van der Waals surface area (Å²) in [5.74, 6) is 1.39. The van der Waals surface area contributed by atoms with Crippen LogP contribution in [-0.2, 0) is 5.75 Å². The number of carbonyl (C=O) groups is 1.